The Kier molecular flexibility index (Phi) is 5.72. The molecule has 3 heteroatoms. The SMILES string of the molecule is CCOc1cc(CNC2CCCCC2C)ccc1OC. The van der Waals surface area contributed by atoms with Crippen LogP contribution in [0.1, 0.15) is 45.1 Å². The van der Waals surface area contributed by atoms with E-state index in [9.17, 15) is 0 Å². The zero-order valence-corrected chi connectivity index (χ0v) is 12.9. The molecule has 20 heavy (non-hydrogen) atoms. The molecular formula is C17H27NO2. The maximum absolute atomic E-state index is 5.63. The van der Waals surface area contributed by atoms with Gasteiger partial charge in [0, 0.05) is 12.6 Å². The maximum atomic E-state index is 5.63. The molecular weight excluding hydrogens is 250 g/mol. The number of rotatable bonds is 6. The number of methoxy groups -OCH3 is 1. The summed E-state index contributed by atoms with van der Waals surface area (Å²) in [6.45, 7) is 5.91. The second-order valence-electron chi connectivity index (χ2n) is 5.67. The zero-order chi connectivity index (χ0) is 14.4. The molecule has 0 bridgehead atoms. The van der Waals surface area contributed by atoms with E-state index >= 15 is 0 Å². The Morgan fingerprint density at radius 3 is 2.70 bits per heavy atom. The van der Waals surface area contributed by atoms with Crippen LogP contribution in [0.5, 0.6) is 11.5 Å². The molecule has 2 atom stereocenters. The van der Waals surface area contributed by atoms with Crippen molar-refractivity contribution in [1.82, 2.24) is 5.32 Å². The highest BCUT2D eigenvalue weighted by Crippen LogP contribution is 2.29. The van der Waals surface area contributed by atoms with Crippen molar-refractivity contribution in [3.63, 3.8) is 0 Å². The van der Waals surface area contributed by atoms with Crippen molar-refractivity contribution in [2.45, 2.75) is 52.1 Å². The summed E-state index contributed by atoms with van der Waals surface area (Å²) in [5, 5.41) is 3.70. The standard InChI is InChI=1S/C17H27NO2/c1-4-20-17-11-14(9-10-16(17)19-3)12-18-15-8-6-5-7-13(15)2/h9-11,13,15,18H,4-8,12H2,1-3H3. The first-order valence-electron chi connectivity index (χ1n) is 7.77. The summed E-state index contributed by atoms with van der Waals surface area (Å²) in [4.78, 5) is 0. The lowest BCUT2D eigenvalue weighted by Crippen LogP contribution is -2.36. The number of hydrogen-bond donors (Lipinski definition) is 1. The van der Waals surface area contributed by atoms with Gasteiger partial charge in [-0.3, -0.25) is 0 Å². The summed E-state index contributed by atoms with van der Waals surface area (Å²) >= 11 is 0. The zero-order valence-electron chi connectivity index (χ0n) is 12.9. The van der Waals surface area contributed by atoms with E-state index in [2.05, 4.69) is 24.4 Å². The van der Waals surface area contributed by atoms with Gasteiger partial charge >= 0.3 is 0 Å². The van der Waals surface area contributed by atoms with Crippen LogP contribution < -0.4 is 14.8 Å². The molecule has 0 amide bonds. The van der Waals surface area contributed by atoms with E-state index in [0.717, 1.165) is 24.0 Å². The van der Waals surface area contributed by atoms with E-state index in [1.165, 1.54) is 31.2 Å². The van der Waals surface area contributed by atoms with Gasteiger partial charge in [-0.2, -0.15) is 0 Å². The molecule has 1 aliphatic rings. The average molecular weight is 277 g/mol. The number of benzene rings is 1. The van der Waals surface area contributed by atoms with Gasteiger partial charge in [-0.15, -0.1) is 0 Å². The van der Waals surface area contributed by atoms with Gasteiger partial charge in [-0.25, -0.2) is 0 Å². The van der Waals surface area contributed by atoms with Gasteiger partial charge in [-0.05, 0) is 43.4 Å². The number of hydrogen-bond acceptors (Lipinski definition) is 3. The normalized spacial score (nSPS) is 22.6. The van der Waals surface area contributed by atoms with Crippen LogP contribution in [0.15, 0.2) is 18.2 Å². The first kappa shape index (κ1) is 15.2. The van der Waals surface area contributed by atoms with Crippen molar-refractivity contribution in [3.05, 3.63) is 23.8 Å². The Hall–Kier alpha value is -1.22. The predicted molar refractivity (Wildman–Crippen MR) is 82.4 cm³/mol. The Balaban J connectivity index is 1.96. The summed E-state index contributed by atoms with van der Waals surface area (Å²) in [6.07, 6.45) is 5.39. The van der Waals surface area contributed by atoms with Gasteiger partial charge in [0.05, 0.1) is 13.7 Å². The molecule has 1 aromatic rings. The molecule has 3 nitrogen and oxygen atoms in total. The molecule has 1 fully saturated rings. The lowest BCUT2D eigenvalue weighted by atomic mass is 9.86. The van der Waals surface area contributed by atoms with Crippen molar-refractivity contribution in [3.8, 4) is 11.5 Å². The smallest absolute Gasteiger partial charge is 0.161 e. The maximum Gasteiger partial charge on any atom is 0.161 e. The fourth-order valence-electron chi connectivity index (χ4n) is 2.97. The quantitative estimate of drug-likeness (QED) is 0.858. The fourth-order valence-corrected chi connectivity index (χ4v) is 2.97. The Morgan fingerprint density at radius 2 is 2.00 bits per heavy atom. The van der Waals surface area contributed by atoms with Gasteiger partial charge in [0.2, 0.25) is 0 Å². The summed E-state index contributed by atoms with van der Waals surface area (Å²) in [5.41, 5.74) is 1.26. The van der Waals surface area contributed by atoms with Crippen LogP contribution in [0.25, 0.3) is 0 Å². The van der Waals surface area contributed by atoms with Gasteiger partial charge in [0.1, 0.15) is 0 Å². The van der Waals surface area contributed by atoms with Crippen molar-refractivity contribution in [2.75, 3.05) is 13.7 Å². The highest BCUT2D eigenvalue weighted by atomic mass is 16.5. The molecule has 1 aliphatic carbocycles. The van der Waals surface area contributed by atoms with Crippen LogP contribution in [0.3, 0.4) is 0 Å². The van der Waals surface area contributed by atoms with Gasteiger partial charge in [-0.1, -0.05) is 25.8 Å². The van der Waals surface area contributed by atoms with Crippen LogP contribution in [0.4, 0.5) is 0 Å². The summed E-state index contributed by atoms with van der Waals surface area (Å²) in [6, 6.07) is 6.85. The lowest BCUT2D eigenvalue weighted by Gasteiger charge is -2.29. The van der Waals surface area contributed by atoms with Crippen LogP contribution in [-0.4, -0.2) is 19.8 Å². The topological polar surface area (TPSA) is 30.5 Å². The van der Waals surface area contributed by atoms with E-state index in [4.69, 9.17) is 9.47 Å². The minimum atomic E-state index is 0.654. The highest BCUT2D eigenvalue weighted by molar-refractivity contribution is 5.42. The van der Waals surface area contributed by atoms with Gasteiger partial charge in [0.25, 0.3) is 0 Å². The van der Waals surface area contributed by atoms with Crippen molar-refractivity contribution in [1.29, 1.82) is 0 Å². The summed E-state index contributed by atoms with van der Waals surface area (Å²) in [7, 11) is 1.68. The minimum Gasteiger partial charge on any atom is -0.493 e. The third kappa shape index (κ3) is 3.89. The van der Waals surface area contributed by atoms with Crippen LogP contribution in [0, 0.1) is 5.92 Å². The number of ether oxygens (including phenoxy) is 2. The van der Waals surface area contributed by atoms with Crippen molar-refractivity contribution < 1.29 is 9.47 Å². The highest BCUT2D eigenvalue weighted by Gasteiger charge is 2.20. The van der Waals surface area contributed by atoms with Crippen molar-refractivity contribution in [2.24, 2.45) is 5.92 Å². The second kappa shape index (κ2) is 7.53. The molecule has 0 saturated heterocycles. The molecule has 2 unspecified atom stereocenters. The second-order valence-corrected chi connectivity index (χ2v) is 5.67. The molecule has 0 aliphatic heterocycles. The molecule has 1 N–H and O–H groups in total. The van der Waals surface area contributed by atoms with Crippen LogP contribution >= 0.6 is 0 Å². The molecule has 1 aromatic carbocycles. The molecule has 0 aromatic heterocycles. The van der Waals surface area contributed by atoms with E-state index < -0.39 is 0 Å². The molecule has 2 rings (SSSR count). The Labute approximate surface area is 122 Å². The monoisotopic (exact) mass is 277 g/mol. The summed E-state index contributed by atoms with van der Waals surface area (Å²) in [5.74, 6) is 2.43. The van der Waals surface area contributed by atoms with E-state index in [1.807, 2.05) is 13.0 Å². The third-order valence-electron chi connectivity index (χ3n) is 4.21. The fraction of sp³-hybridized carbons (Fsp3) is 0.647. The van der Waals surface area contributed by atoms with Gasteiger partial charge < -0.3 is 14.8 Å². The third-order valence-corrected chi connectivity index (χ3v) is 4.21. The lowest BCUT2D eigenvalue weighted by molar-refractivity contribution is 0.279. The van der Waals surface area contributed by atoms with Gasteiger partial charge in [0.15, 0.2) is 11.5 Å². The molecule has 112 valence electrons. The molecule has 0 heterocycles. The minimum absolute atomic E-state index is 0.654. The summed E-state index contributed by atoms with van der Waals surface area (Å²) < 4.78 is 10.9. The van der Waals surface area contributed by atoms with E-state index in [1.54, 1.807) is 7.11 Å². The first-order chi connectivity index (χ1) is 9.74. The molecule has 0 spiro atoms. The van der Waals surface area contributed by atoms with E-state index in [0.29, 0.717) is 12.6 Å². The number of nitrogens with one attached hydrogen (secondary N) is 1. The predicted octanol–water partition coefficient (Wildman–Crippen LogP) is 3.76. The molecule has 0 radical (unpaired) electrons. The average Bonchev–Trinajstić information content (AvgIpc) is 2.47. The largest absolute Gasteiger partial charge is 0.493 e. The van der Waals surface area contributed by atoms with Crippen LogP contribution in [0.2, 0.25) is 0 Å². The first-order valence-corrected chi connectivity index (χ1v) is 7.77. The Bertz CT molecular complexity index is 419. The Morgan fingerprint density at radius 1 is 1.20 bits per heavy atom. The van der Waals surface area contributed by atoms with Crippen LogP contribution in [-0.2, 0) is 6.54 Å². The van der Waals surface area contributed by atoms with E-state index in [-0.39, 0.29) is 0 Å². The molecule has 1 saturated carbocycles. The van der Waals surface area contributed by atoms with Crippen molar-refractivity contribution >= 4 is 0 Å².